The predicted molar refractivity (Wildman–Crippen MR) is 84.9 cm³/mol. The van der Waals surface area contributed by atoms with E-state index in [1.54, 1.807) is 0 Å². The van der Waals surface area contributed by atoms with Gasteiger partial charge in [-0.1, -0.05) is 24.3 Å². The Morgan fingerprint density at radius 2 is 1.76 bits per heavy atom. The molecule has 0 heterocycles. The van der Waals surface area contributed by atoms with Gasteiger partial charge in [0.15, 0.2) is 0 Å². The molecule has 3 rings (SSSR count). The SMILES string of the molecule is CN(C)c1cccc(C(O)c2ccc(OC3CC3)cc2)c1. The highest BCUT2D eigenvalue weighted by Gasteiger charge is 2.23. The van der Waals surface area contributed by atoms with E-state index in [1.807, 2.05) is 67.5 Å². The summed E-state index contributed by atoms with van der Waals surface area (Å²) in [5.41, 5.74) is 2.87. The molecule has 21 heavy (non-hydrogen) atoms. The summed E-state index contributed by atoms with van der Waals surface area (Å²) in [7, 11) is 3.99. The van der Waals surface area contributed by atoms with Crippen LogP contribution in [0.3, 0.4) is 0 Å². The summed E-state index contributed by atoms with van der Waals surface area (Å²) in [4.78, 5) is 2.03. The Hall–Kier alpha value is -2.00. The monoisotopic (exact) mass is 283 g/mol. The number of hydrogen-bond acceptors (Lipinski definition) is 3. The highest BCUT2D eigenvalue weighted by molar-refractivity contribution is 5.49. The number of benzene rings is 2. The number of anilines is 1. The lowest BCUT2D eigenvalue weighted by Gasteiger charge is -2.17. The van der Waals surface area contributed by atoms with Gasteiger partial charge in [0.1, 0.15) is 11.9 Å². The van der Waals surface area contributed by atoms with Crippen molar-refractivity contribution in [2.45, 2.75) is 25.0 Å². The second-order valence-corrected chi connectivity index (χ2v) is 5.78. The lowest BCUT2D eigenvalue weighted by atomic mass is 10.0. The molecule has 1 fully saturated rings. The minimum Gasteiger partial charge on any atom is -0.490 e. The molecule has 3 nitrogen and oxygen atoms in total. The maximum atomic E-state index is 10.5. The van der Waals surface area contributed by atoms with Crippen molar-refractivity contribution in [2.75, 3.05) is 19.0 Å². The third kappa shape index (κ3) is 3.37. The quantitative estimate of drug-likeness (QED) is 0.913. The van der Waals surface area contributed by atoms with Crippen molar-refractivity contribution in [3.63, 3.8) is 0 Å². The molecule has 0 bridgehead atoms. The molecule has 110 valence electrons. The second-order valence-electron chi connectivity index (χ2n) is 5.78. The molecule has 1 aliphatic rings. The minimum absolute atomic E-state index is 0.401. The fourth-order valence-corrected chi connectivity index (χ4v) is 2.27. The van der Waals surface area contributed by atoms with Gasteiger partial charge >= 0.3 is 0 Å². The van der Waals surface area contributed by atoms with Crippen LogP contribution in [0.5, 0.6) is 5.75 Å². The van der Waals surface area contributed by atoms with Gasteiger partial charge in [-0.3, -0.25) is 0 Å². The first-order valence-electron chi connectivity index (χ1n) is 7.35. The first kappa shape index (κ1) is 14.0. The Morgan fingerprint density at radius 3 is 2.38 bits per heavy atom. The van der Waals surface area contributed by atoms with Crippen molar-refractivity contribution in [3.8, 4) is 5.75 Å². The van der Waals surface area contributed by atoms with Crippen LogP contribution in [0.4, 0.5) is 5.69 Å². The third-order valence-corrected chi connectivity index (χ3v) is 3.73. The molecule has 0 radical (unpaired) electrons. The fourth-order valence-electron chi connectivity index (χ4n) is 2.27. The Morgan fingerprint density at radius 1 is 1.05 bits per heavy atom. The van der Waals surface area contributed by atoms with E-state index in [2.05, 4.69) is 0 Å². The van der Waals surface area contributed by atoms with Crippen LogP contribution in [0.25, 0.3) is 0 Å². The van der Waals surface area contributed by atoms with Crippen LogP contribution in [0.2, 0.25) is 0 Å². The van der Waals surface area contributed by atoms with E-state index in [4.69, 9.17) is 4.74 Å². The standard InChI is InChI=1S/C18H21NO2/c1-19(2)15-5-3-4-14(12-15)18(20)13-6-8-16(9-7-13)21-17-10-11-17/h3-9,12,17-18,20H,10-11H2,1-2H3. The number of nitrogens with zero attached hydrogens (tertiary/aromatic N) is 1. The Balaban J connectivity index is 1.77. The Bertz CT molecular complexity index is 603. The van der Waals surface area contributed by atoms with Crippen LogP contribution in [-0.2, 0) is 0 Å². The van der Waals surface area contributed by atoms with Crippen molar-refractivity contribution in [3.05, 3.63) is 59.7 Å². The third-order valence-electron chi connectivity index (χ3n) is 3.73. The lowest BCUT2D eigenvalue weighted by Crippen LogP contribution is -2.09. The van der Waals surface area contributed by atoms with Crippen LogP contribution in [-0.4, -0.2) is 25.3 Å². The van der Waals surface area contributed by atoms with Gasteiger partial charge in [0.2, 0.25) is 0 Å². The molecule has 0 amide bonds. The summed E-state index contributed by atoms with van der Waals surface area (Å²) in [5.74, 6) is 0.885. The second kappa shape index (κ2) is 5.78. The number of rotatable bonds is 5. The Labute approximate surface area is 125 Å². The average Bonchev–Trinajstić information content (AvgIpc) is 3.31. The smallest absolute Gasteiger partial charge is 0.119 e. The molecule has 0 aromatic heterocycles. The van der Waals surface area contributed by atoms with Crippen molar-refractivity contribution < 1.29 is 9.84 Å². The zero-order chi connectivity index (χ0) is 14.8. The zero-order valence-corrected chi connectivity index (χ0v) is 12.5. The zero-order valence-electron chi connectivity index (χ0n) is 12.5. The molecule has 2 aromatic rings. The molecule has 1 unspecified atom stereocenters. The molecule has 0 spiro atoms. The van der Waals surface area contributed by atoms with E-state index in [0.717, 1.165) is 35.4 Å². The summed E-state index contributed by atoms with van der Waals surface area (Å²) >= 11 is 0. The minimum atomic E-state index is -0.611. The van der Waals surface area contributed by atoms with Gasteiger partial charge in [-0.25, -0.2) is 0 Å². The van der Waals surface area contributed by atoms with E-state index < -0.39 is 6.10 Å². The van der Waals surface area contributed by atoms with Gasteiger partial charge in [-0.2, -0.15) is 0 Å². The van der Waals surface area contributed by atoms with Crippen molar-refractivity contribution in [1.82, 2.24) is 0 Å². The topological polar surface area (TPSA) is 32.7 Å². The lowest BCUT2D eigenvalue weighted by molar-refractivity contribution is 0.220. The molecule has 1 atom stereocenters. The van der Waals surface area contributed by atoms with Crippen molar-refractivity contribution in [2.24, 2.45) is 0 Å². The number of hydrogen-bond donors (Lipinski definition) is 1. The number of aliphatic hydroxyl groups excluding tert-OH is 1. The maximum Gasteiger partial charge on any atom is 0.119 e. The summed E-state index contributed by atoms with van der Waals surface area (Å²) in [5, 5.41) is 10.5. The highest BCUT2D eigenvalue weighted by atomic mass is 16.5. The van der Waals surface area contributed by atoms with Crippen molar-refractivity contribution in [1.29, 1.82) is 0 Å². The molecule has 2 aromatic carbocycles. The van der Waals surface area contributed by atoms with E-state index >= 15 is 0 Å². The molecule has 1 aliphatic carbocycles. The van der Waals surface area contributed by atoms with Gasteiger partial charge < -0.3 is 14.7 Å². The summed E-state index contributed by atoms with van der Waals surface area (Å²) in [6.07, 6.45) is 2.10. The predicted octanol–water partition coefficient (Wildman–Crippen LogP) is 3.38. The average molecular weight is 283 g/mol. The van der Waals surface area contributed by atoms with E-state index in [0.29, 0.717) is 6.10 Å². The molecule has 0 aliphatic heterocycles. The summed E-state index contributed by atoms with van der Waals surface area (Å²) in [6.45, 7) is 0. The van der Waals surface area contributed by atoms with Crippen molar-refractivity contribution >= 4 is 5.69 Å². The first-order chi connectivity index (χ1) is 10.1. The molecule has 3 heteroatoms. The maximum absolute atomic E-state index is 10.5. The summed E-state index contributed by atoms with van der Waals surface area (Å²) in [6, 6.07) is 15.7. The molecule has 1 N–H and O–H groups in total. The van der Waals surface area contributed by atoms with Crippen LogP contribution in [0, 0.1) is 0 Å². The van der Waals surface area contributed by atoms with Gasteiger partial charge in [0, 0.05) is 19.8 Å². The molecule has 1 saturated carbocycles. The number of aliphatic hydroxyl groups is 1. The molecular formula is C18H21NO2. The van der Waals surface area contributed by atoms with Gasteiger partial charge in [0.25, 0.3) is 0 Å². The van der Waals surface area contributed by atoms with Gasteiger partial charge in [-0.05, 0) is 48.2 Å². The summed E-state index contributed by atoms with van der Waals surface area (Å²) < 4.78 is 5.73. The van der Waals surface area contributed by atoms with Gasteiger partial charge in [0.05, 0.1) is 6.10 Å². The Kier molecular flexibility index (Phi) is 3.84. The van der Waals surface area contributed by atoms with Crippen LogP contribution >= 0.6 is 0 Å². The van der Waals surface area contributed by atoms with Crippen LogP contribution in [0.15, 0.2) is 48.5 Å². The van der Waals surface area contributed by atoms with Crippen LogP contribution < -0.4 is 9.64 Å². The fraction of sp³-hybridized carbons (Fsp3) is 0.333. The first-order valence-corrected chi connectivity index (χ1v) is 7.35. The largest absolute Gasteiger partial charge is 0.490 e. The number of ether oxygens (including phenoxy) is 1. The van der Waals surface area contributed by atoms with E-state index in [9.17, 15) is 5.11 Å². The van der Waals surface area contributed by atoms with E-state index in [1.165, 1.54) is 0 Å². The molecular weight excluding hydrogens is 262 g/mol. The van der Waals surface area contributed by atoms with Gasteiger partial charge in [-0.15, -0.1) is 0 Å². The molecule has 0 saturated heterocycles. The van der Waals surface area contributed by atoms with E-state index in [-0.39, 0.29) is 0 Å². The normalized spacial score (nSPS) is 15.6. The van der Waals surface area contributed by atoms with Crippen LogP contribution in [0.1, 0.15) is 30.1 Å². The highest BCUT2D eigenvalue weighted by Crippen LogP contribution is 2.29.